The van der Waals surface area contributed by atoms with Crippen LogP contribution in [-0.2, 0) is 9.53 Å². The zero-order valence-electron chi connectivity index (χ0n) is 22.5. The molecule has 204 valence electrons. The Bertz CT molecular complexity index is 1180. The van der Waals surface area contributed by atoms with Gasteiger partial charge in [0, 0.05) is 23.2 Å². The van der Waals surface area contributed by atoms with Gasteiger partial charge in [0.05, 0.1) is 19.8 Å². The van der Waals surface area contributed by atoms with Crippen molar-refractivity contribution in [1.82, 2.24) is 15.3 Å². The van der Waals surface area contributed by atoms with E-state index in [0.717, 1.165) is 10.6 Å². The standard InChI is InChI=1S/C28H36FN5O3S/c1-18(2)15-24(27(35)30-13-14-37-19(3)4)32-28-33-25(31-21-8-6-7-20(29)16-21)17-26(34-28)38-23-11-9-22(36-5)10-12-23/h6-12,16-19,24H,13-15H2,1-5H3,(H,30,35)(H2,31,32,33,34)/t24-/m0/s1. The maximum atomic E-state index is 13.8. The van der Waals surface area contributed by atoms with E-state index in [1.165, 1.54) is 23.9 Å². The number of hydrogen-bond acceptors (Lipinski definition) is 8. The van der Waals surface area contributed by atoms with Gasteiger partial charge in [-0.15, -0.1) is 0 Å². The SMILES string of the molecule is COc1ccc(Sc2cc(Nc3cccc(F)c3)nc(N[C@@H](CC(C)C)C(=O)NCCOC(C)C)n2)cc1. The van der Waals surface area contributed by atoms with Crippen molar-refractivity contribution in [1.29, 1.82) is 0 Å². The fraction of sp³-hybridized carbons (Fsp3) is 0.393. The van der Waals surface area contributed by atoms with Crippen molar-refractivity contribution in [3.63, 3.8) is 0 Å². The van der Waals surface area contributed by atoms with Gasteiger partial charge in [-0.25, -0.2) is 9.37 Å². The molecule has 3 aromatic rings. The van der Waals surface area contributed by atoms with Gasteiger partial charge in [-0.1, -0.05) is 31.7 Å². The van der Waals surface area contributed by atoms with E-state index >= 15 is 0 Å². The van der Waals surface area contributed by atoms with Crippen LogP contribution in [0.1, 0.15) is 34.1 Å². The number of aromatic nitrogens is 2. The zero-order valence-corrected chi connectivity index (χ0v) is 23.3. The maximum Gasteiger partial charge on any atom is 0.242 e. The van der Waals surface area contributed by atoms with Gasteiger partial charge in [0.2, 0.25) is 11.9 Å². The number of ether oxygens (including phenoxy) is 2. The highest BCUT2D eigenvalue weighted by atomic mass is 32.2. The highest BCUT2D eigenvalue weighted by molar-refractivity contribution is 7.99. The first-order valence-electron chi connectivity index (χ1n) is 12.6. The summed E-state index contributed by atoms with van der Waals surface area (Å²) in [5.74, 6) is 1.27. The molecule has 0 radical (unpaired) electrons. The number of nitrogens with one attached hydrogen (secondary N) is 3. The quantitative estimate of drug-likeness (QED) is 0.172. The van der Waals surface area contributed by atoms with Crippen LogP contribution in [-0.4, -0.2) is 48.3 Å². The summed E-state index contributed by atoms with van der Waals surface area (Å²) < 4.78 is 24.6. The number of amides is 1. The third kappa shape index (κ3) is 9.83. The van der Waals surface area contributed by atoms with Gasteiger partial charge < -0.3 is 25.4 Å². The molecular formula is C28H36FN5O3S. The summed E-state index contributed by atoms with van der Waals surface area (Å²) in [6, 6.07) is 15.0. The van der Waals surface area contributed by atoms with Crippen LogP contribution in [0.4, 0.5) is 21.8 Å². The Hall–Kier alpha value is -3.37. The summed E-state index contributed by atoms with van der Waals surface area (Å²) in [4.78, 5) is 23.2. The lowest BCUT2D eigenvalue weighted by Gasteiger charge is -2.21. The lowest BCUT2D eigenvalue weighted by Crippen LogP contribution is -2.42. The second-order valence-corrected chi connectivity index (χ2v) is 10.5. The molecule has 3 rings (SSSR count). The molecule has 0 unspecified atom stereocenters. The minimum Gasteiger partial charge on any atom is -0.497 e. The zero-order chi connectivity index (χ0) is 27.5. The van der Waals surface area contributed by atoms with Crippen LogP contribution < -0.4 is 20.7 Å². The van der Waals surface area contributed by atoms with Crippen molar-refractivity contribution in [2.24, 2.45) is 5.92 Å². The van der Waals surface area contributed by atoms with Crippen molar-refractivity contribution in [3.05, 3.63) is 60.4 Å². The molecule has 0 aliphatic carbocycles. The first kappa shape index (κ1) is 29.2. The number of carbonyl (C=O) groups is 1. The normalized spacial score (nSPS) is 11.9. The lowest BCUT2D eigenvalue weighted by molar-refractivity contribution is -0.122. The van der Waals surface area contributed by atoms with Crippen LogP contribution >= 0.6 is 11.8 Å². The smallest absolute Gasteiger partial charge is 0.242 e. The third-order valence-corrected chi connectivity index (χ3v) is 6.19. The molecule has 3 N–H and O–H groups in total. The second kappa shape index (κ2) is 14.5. The van der Waals surface area contributed by atoms with Crippen molar-refractivity contribution in [3.8, 4) is 5.75 Å². The summed E-state index contributed by atoms with van der Waals surface area (Å²) in [5.41, 5.74) is 0.552. The Kier molecular flexibility index (Phi) is 11.2. The average molecular weight is 542 g/mol. The number of hydrogen-bond donors (Lipinski definition) is 3. The van der Waals surface area contributed by atoms with Crippen LogP contribution in [0.15, 0.2) is 64.5 Å². The van der Waals surface area contributed by atoms with Gasteiger partial charge in [-0.3, -0.25) is 4.79 Å². The van der Waals surface area contributed by atoms with Crippen LogP contribution in [0.3, 0.4) is 0 Å². The Morgan fingerprint density at radius 2 is 1.82 bits per heavy atom. The Balaban J connectivity index is 1.84. The molecule has 10 heteroatoms. The predicted octanol–water partition coefficient (Wildman–Crippen LogP) is 5.89. The third-order valence-electron chi connectivity index (χ3n) is 5.26. The highest BCUT2D eigenvalue weighted by Crippen LogP contribution is 2.30. The van der Waals surface area contributed by atoms with E-state index in [1.54, 1.807) is 25.3 Å². The monoisotopic (exact) mass is 541 g/mol. The topological polar surface area (TPSA) is 97.4 Å². The second-order valence-electron chi connectivity index (χ2n) is 9.37. The number of halogens is 1. The Labute approximate surface area is 228 Å². The van der Waals surface area contributed by atoms with Crippen LogP contribution in [0, 0.1) is 11.7 Å². The molecule has 1 heterocycles. The molecular weight excluding hydrogens is 505 g/mol. The summed E-state index contributed by atoms with van der Waals surface area (Å²) in [6.45, 7) is 8.86. The summed E-state index contributed by atoms with van der Waals surface area (Å²) in [5, 5.41) is 9.95. The number of rotatable bonds is 14. The molecule has 1 amide bonds. The summed E-state index contributed by atoms with van der Waals surface area (Å²) in [6.07, 6.45) is 0.683. The van der Waals surface area contributed by atoms with E-state index in [1.807, 2.05) is 38.1 Å². The van der Waals surface area contributed by atoms with Gasteiger partial charge in [-0.2, -0.15) is 4.98 Å². The van der Waals surface area contributed by atoms with E-state index in [2.05, 4.69) is 39.8 Å². The molecule has 0 aliphatic heterocycles. The minimum absolute atomic E-state index is 0.0971. The molecule has 1 aromatic heterocycles. The molecule has 38 heavy (non-hydrogen) atoms. The Morgan fingerprint density at radius 1 is 1.05 bits per heavy atom. The van der Waals surface area contributed by atoms with Gasteiger partial charge in [0.1, 0.15) is 28.5 Å². The maximum absolute atomic E-state index is 13.8. The van der Waals surface area contributed by atoms with Crippen molar-refractivity contribution < 1.29 is 18.7 Å². The molecule has 0 saturated heterocycles. The molecule has 0 fully saturated rings. The number of carbonyl (C=O) groups excluding carboxylic acids is 1. The number of anilines is 3. The first-order valence-corrected chi connectivity index (χ1v) is 13.4. The lowest BCUT2D eigenvalue weighted by atomic mass is 10.0. The van der Waals surface area contributed by atoms with E-state index in [4.69, 9.17) is 9.47 Å². The average Bonchev–Trinajstić information content (AvgIpc) is 2.86. The van der Waals surface area contributed by atoms with Crippen LogP contribution in [0.25, 0.3) is 0 Å². The molecule has 1 atom stereocenters. The van der Waals surface area contributed by atoms with Crippen molar-refractivity contribution >= 4 is 35.1 Å². The molecule has 8 nitrogen and oxygen atoms in total. The Morgan fingerprint density at radius 3 is 2.47 bits per heavy atom. The van der Waals surface area contributed by atoms with E-state index < -0.39 is 6.04 Å². The van der Waals surface area contributed by atoms with Crippen LogP contribution in [0.2, 0.25) is 0 Å². The van der Waals surface area contributed by atoms with Crippen LogP contribution in [0.5, 0.6) is 5.75 Å². The van der Waals surface area contributed by atoms with E-state index in [0.29, 0.717) is 42.1 Å². The molecule has 0 bridgehead atoms. The predicted molar refractivity (Wildman–Crippen MR) is 150 cm³/mol. The molecule has 2 aromatic carbocycles. The number of methoxy groups -OCH3 is 1. The summed E-state index contributed by atoms with van der Waals surface area (Å²) in [7, 11) is 1.62. The highest BCUT2D eigenvalue weighted by Gasteiger charge is 2.21. The van der Waals surface area contributed by atoms with E-state index in [-0.39, 0.29) is 23.7 Å². The number of nitrogens with zero attached hydrogens (tertiary/aromatic N) is 2. The van der Waals surface area contributed by atoms with Gasteiger partial charge in [0.15, 0.2) is 0 Å². The minimum atomic E-state index is -0.544. The van der Waals surface area contributed by atoms with Crippen molar-refractivity contribution in [2.75, 3.05) is 30.9 Å². The largest absolute Gasteiger partial charge is 0.497 e. The van der Waals surface area contributed by atoms with Gasteiger partial charge in [-0.05, 0) is 68.7 Å². The van der Waals surface area contributed by atoms with Crippen molar-refractivity contribution in [2.45, 2.75) is 56.2 Å². The molecule has 0 saturated carbocycles. The van der Waals surface area contributed by atoms with Gasteiger partial charge >= 0.3 is 0 Å². The number of benzene rings is 2. The fourth-order valence-corrected chi connectivity index (χ4v) is 4.35. The first-order chi connectivity index (χ1) is 18.2. The van der Waals surface area contributed by atoms with Gasteiger partial charge in [0.25, 0.3) is 0 Å². The summed E-state index contributed by atoms with van der Waals surface area (Å²) >= 11 is 1.44. The fourth-order valence-electron chi connectivity index (χ4n) is 3.54. The molecule has 0 aliphatic rings. The van der Waals surface area contributed by atoms with E-state index in [9.17, 15) is 9.18 Å². The molecule has 0 spiro atoms.